The van der Waals surface area contributed by atoms with Crippen molar-refractivity contribution in [1.29, 1.82) is 0 Å². The van der Waals surface area contributed by atoms with E-state index in [4.69, 9.17) is 10.5 Å². The fraction of sp³-hybridized carbons (Fsp3) is 0.357. The van der Waals surface area contributed by atoms with Crippen molar-refractivity contribution in [3.63, 3.8) is 0 Å². The molecule has 1 heterocycles. The van der Waals surface area contributed by atoms with Crippen LogP contribution < -0.4 is 10.5 Å². The average molecular weight is 263 g/mol. The predicted molar refractivity (Wildman–Crippen MR) is 71.5 cm³/mol. The van der Waals surface area contributed by atoms with Gasteiger partial charge in [-0.05, 0) is 19.9 Å². The third-order valence-electron chi connectivity index (χ3n) is 2.98. The van der Waals surface area contributed by atoms with Crippen LogP contribution in [0.5, 0.6) is 5.75 Å². The summed E-state index contributed by atoms with van der Waals surface area (Å²) in [6, 6.07) is 4.24. The maximum absolute atomic E-state index is 13.2. The maximum atomic E-state index is 13.2. The van der Waals surface area contributed by atoms with Crippen molar-refractivity contribution < 1.29 is 9.13 Å². The third-order valence-corrected chi connectivity index (χ3v) is 2.98. The molecular formula is C14H18FN3O. The number of halogens is 1. The van der Waals surface area contributed by atoms with Gasteiger partial charge in [0, 0.05) is 30.1 Å². The molecule has 0 unspecified atom stereocenters. The number of ether oxygens (including phenoxy) is 1. The highest BCUT2D eigenvalue weighted by atomic mass is 19.1. The number of nitrogens with two attached hydrogens (primary N) is 1. The molecule has 2 aromatic rings. The fourth-order valence-corrected chi connectivity index (χ4v) is 1.90. The van der Waals surface area contributed by atoms with Gasteiger partial charge in [-0.15, -0.1) is 0 Å². The minimum absolute atomic E-state index is 0.189. The van der Waals surface area contributed by atoms with Crippen LogP contribution in [0.15, 0.2) is 30.6 Å². The number of benzene rings is 1. The van der Waals surface area contributed by atoms with Crippen molar-refractivity contribution in [2.75, 3.05) is 6.61 Å². The average Bonchev–Trinajstić information content (AvgIpc) is 2.75. The van der Waals surface area contributed by atoms with Gasteiger partial charge in [0.15, 0.2) is 0 Å². The van der Waals surface area contributed by atoms with Gasteiger partial charge < -0.3 is 15.0 Å². The van der Waals surface area contributed by atoms with E-state index in [1.54, 1.807) is 12.3 Å². The van der Waals surface area contributed by atoms with E-state index in [0.29, 0.717) is 18.9 Å². The first-order valence-electron chi connectivity index (χ1n) is 6.23. The highest BCUT2D eigenvalue weighted by Gasteiger charge is 2.09. The van der Waals surface area contributed by atoms with Crippen LogP contribution in [-0.2, 0) is 6.54 Å². The van der Waals surface area contributed by atoms with Gasteiger partial charge in [-0.3, -0.25) is 0 Å². The summed E-state index contributed by atoms with van der Waals surface area (Å²) in [5.41, 5.74) is 6.65. The molecule has 0 aliphatic carbocycles. The second kappa shape index (κ2) is 5.84. The number of imidazole rings is 1. The van der Waals surface area contributed by atoms with Gasteiger partial charge in [0.25, 0.3) is 0 Å². The first-order chi connectivity index (χ1) is 9.08. The molecule has 1 atom stereocenters. The molecule has 2 N–H and O–H groups in total. The summed E-state index contributed by atoms with van der Waals surface area (Å²) >= 11 is 0. The molecule has 0 fully saturated rings. The summed E-state index contributed by atoms with van der Waals surface area (Å²) in [6.45, 7) is 4.89. The summed E-state index contributed by atoms with van der Waals surface area (Å²) in [6.07, 6.45) is 3.63. The molecular weight excluding hydrogens is 245 g/mol. The van der Waals surface area contributed by atoms with E-state index in [2.05, 4.69) is 4.98 Å². The van der Waals surface area contributed by atoms with Crippen molar-refractivity contribution in [2.45, 2.75) is 26.4 Å². The Bertz CT molecular complexity index is 551. The number of aryl methyl sites for hydroxylation is 1. The minimum Gasteiger partial charge on any atom is -0.491 e. The molecule has 0 aliphatic heterocycles. The van der Waals surface area contributed by atoms with E-state index in [-0.39, 0.29) is 11.9 Å². The van der Waals surface area contributed by atoms with Gasteiger partial charge in [0.2, 0.25) is 0 Å². The highest BCUT2D eigenvalue weighted by Crippen LogP contribution is 2.24. The zero-order valence-electron chi connectivity index (χ0n) is 11.1. The molecule has 1 aromatic heterocycles. The molecule has 0 spiro atoms. The van der Waals surface area contributed by atoms with Crippen LogP contribution in [0.4, 0.5) is 4.39 Å². The van der Waals surface area contributed by atoms with Crippen LogP contribution in [0, 0.1) is 12.7 Å². The molecule has 5 heteroatoms. The van der Waals surface area contributed by atoms with Gasteiger partial charge in [0.05, 0.1) is 6.54 Å². The Hall–Kier alpha value is -1.88. The monoisotopic (exact) mass is 263 g/mol. The minimum atomic E-state index is -0.321. The molecule has 2 rings (SSSR count). The van der Waals surface area contributed by atoms with E-state index < -0.39 is 0 Å². The molecule has 0 bridgehead atoms. The Kier molecular flexibility index (Phi) is 4.16. The smallest absolute Gasteiger partial charge is 0.127 e. The van der Waals surface area contributed by atoms with E-state index in [0.717, 1.165) is 11.4 Å². The van der Waals surface area contributed by atoms with Gasteiger partial charge in [-0.1, -0.05) is 6.07 Å². The molecule has 102 valence electrons. The van der Waals surface area contributed by atoms with Crippen molar-refractivity contribution in [1.82, 2.24) is 9.55 Å². The van der Waals surface area contributed by atoms with E-state index in [9.17, 15) is 4.39 Å². The molecule has 4 nitrogen and oxygen atoms in total. The van der Waals surface area contributed by atoms with Crippen LogP contribution in [0.2, 0.25) is 0 Å². The predicted octanol–water partition coefficient (Wildman–Crippen LogP) is 2.43. The summed E-state index contributed by atoms with van der Waals surface area (Å²) in [7, 11) is 0. The molecule has 0 amide bonds. The van der Waals surface area contributed by atoms with Gasteiger partial charge in [0.1, 0.15) is 24.0 Å². The molecule has 0 aliphatic rings. The second-order valence-electron chi connectivity index (χ2n) is 4.49. The zero-order valence-corrected chi connectivity index (χ0v) is 11.1. The summed E-state index contributed by atoms with van der Waals surface area (Å²) in [4.78, 5) is 4.13. The molecule has 0 saturated carbocycles. The lowest BCUT2D eigenvalue weighted by Gasteiger charge is -2.14. The highest BCUT2D eigenvalue weighted by molar-refractivity contribution is 5.36. The summed E-state index contributed by atoms with van der Waals surface area (Å²) in [5, 5.41) is 0. The number of nitrogens with zero attached hydrogens (tertiary/aromatic N) is 2. The Morgan fingerprint density at radius 1 is 1.47 bits per heavy atom. The number of hydrogen-bond acceptors (Lipinski definition) is 3. The van der Waals surface area contributed by atoms with Crippen molar-refractivity contribution in [3.05, 3.63) is 47.8 Å². The Morgan fingerprint density at radius 2 is 2.26 bits per heavy atom. The topological polar surface area (TPSA) is 53.1 Å². The van der Waals surface area contributed by atoms with Crippen LogP contribution in [0.1, 0.15) is 24.4 Å². The lowest BCUT2D eigenvalue weighted by molar-refractivity contribution is 0.291. The van der Waals surface area contributed by atoms with Gasteiger partial charge >= 0.3 is 0 Å². The number of rotatable bonds is 5. The normalized spacial score (nSPS) is 12.4. The SMILES string of the molecule is Cc1nccn1CCOc1cc(F)ccc1[C@H](C)N. The van der Waals surface area contributed by atoms with Crippen molar-refractivity contribution in [2.24, 2.45) is 5.73 Å². The maximum Gasteiger partial charge on any atom is 0.127 e. The first-order valence-corrected chi connectivity index (χ1v) is 6.23. The quantitative estimate of drug-likeness (QED) is 0.901. The zero-order chi connectivity index (χ0) is 13.8. The van der Waals surface area contributed by atoms with Crippen LogP contribution in [0.25, 0.3) is 0 Å². The van der Waals surface area contributed by atoms with E-state index in [1.807, 2.05) is 24.6 Å². The lowest BCUT2D eigenvalue weighted by Crippen LogP contribution is -2.12. The first kappa shape index (κ1) is 13.5. The number of aromatic nitrogens is 2. The summed E-state index contributed by atoms with van der Waals surface area (Å²) < 4.78 is 20.9. The van der Waals surface area contributed by atoms with E-state index in [1.165, 1.54) is 12.1 Å². The molecule has 0 saturated heterocycles. The van der Waals surface area contributed by atoms with Crippen LogP contribution in [-0.4, -0.2) is 16.2 Å². The second-order valence-corrected chi connectivity index (χ2v) is 4.49. The van der Waals surface area contributed by atoms with Crippen molar-refractivity contribution in [3.8, 4) is 5.75 Å². The Labute approximate surface area is 112 Å². The standard InChI is InChI=1S/C14H18FN3O/c1-10(16)13-4-3-12(15)9-14(13)19-8-7-18-6-5-17-11(18)2/h3-6,9-10H,7-8,16H2,1-2H3/t10-/m0/s1. The third kappa shape index (κ3) is 3.32. The van der Waals surface area contributed by atoms with Crippen molar-refractivity contribution >= 4 is 0 Å². The van der Waals surface area contributed by atoms with Gasteiger partial charge in [-0.2, -0.15) is 0 Å². The van der Waals surface area contributed by atoms with Crippen LogP contribution >= 0.6 is 0 Å². The van der Waals surface area contributed by atoms with E-state index >= 15 is 0 Å². The molecule has 0 radical (unpaired) electrons. The largest absolute Gasteiger partial charge is 0.491 e. The molecule has 19 heavy (non-hydrogen) atoms. The fourth-order valence-electron chi connectivity index (χ4n) is 1.90. The molecule has 1 aromatic carbocycles. The Balaban J connectivity index is 2.03. The van der Waals surface area contributed by atoms with Crippen LogP contribution in [0.3, 0.4) is 0 Å². The number of hydrogen-bond donors (Lipinski definition) is 1. The Morgan fingerprint density at radius 3 is 2.89 bits per heavy atom. The summed E-state index contributed by atoms with van der Waals surface area (Å²) in [5.74, 6) is 1.11. The van der Waals surface area contributed by atoms with Gasteiger partial charge in [-0.25, -0.2) is 9.37 Å². The lowest BCUT2D eigenvalue weighted by atomic mass is 10.1.